The highest BCUT2D eigenvalue weighted by Gasteiger charge is 2.32. The van der Waals surface area contributed by atoms with Crippen LogP contribution in [0.5, 0.6) is 0 Å². The highest BCUT2D eigenvalue weighted by Crippen LogP contribution is 2.33. The molecule has 0 unspecified atom stereocenters. The minimum absolute atomic E-state index is 0.419. The third-order valence-electron chi connectivity index (χ3n) is 4.87. The minimum atomic E-state index is -4.52. The predicted molar refractivity (Wildman–Crippen MR) is 114 cm³/mol. The van der Waals surface area contributed by atoms with E-state index >= 15 is 0 Å². The summed E-state index contributed by atoms with van der Waals surface area (Å²) >= 11 is 0. The lowest BCUT2D eigenvalue weighted by Gasteiger charge is -2.12. The summed E-state index contributed by atoms with van der Waals surface area (Å²) in [6.07, 6.45) is -0.144. The maximum atomic E-state index is 13.0. The van der Waals surface area contributed by atoms with Crippen LogP contribution in [0.4, 0.5) is 13.2 Å². The molecule has 0 atom stereocenters. The zero-order valence-electron chi connectivity index (χ0n) is 16.5. The van der Waals surface area contributed by atoms with Crippen molar-refractivity contribution in [3.8, 4) is 33.9 Å². The lowest BCUT2D eigenvalue weighted by molar-refractivity contribution is -0.141. The lowest BCUT2D eigenvalue weighted by Crippen LogP contribution is -2.07. The van der Waals surface area contributed by atoms with E-state index in [1.807, 2.05) is 54.6 Å². The Morgan fingerprint density at radius 2 is 1.34 bits per heavy atom. The number of nitrogens with zero attached hydrogens (tertiary/aromatic N) is 5. The smallest absolute Gasteiger partial charge is 0.252 e. The van der Waals surface area contributed by atoms with E-state index < -0.39 is 11.9 Å². The van der Waals surface area contributed by atoms with E-state index in [-0.39, 0.29) is 0 Å². The van der Waals surface area contributed by atoms with Crippen LogP contribution < -0.4 is 0 Å². The lowest BCUT2D eigenvalue weighted by atomic mass is 10.1. The quantitative estimate of drug-likeness (QED) is 0.361. The van der Waals surface area contributed by atoms with Crippen molar-refractivity contribution in [1.82, 2.24) is 24.9 Å². The van der Waals surface area contributed by atoms with Crippen LogP contribution >= 0.6 is 0 Å². The molecule has 5 aromatic rings. The van der Waals surface area contributed by atoms with E-state index in [9.17, 15) is 13.2 Å². The molecule has 3 aromatic heterocycles. The summed E-state index contributed by atoms with van der Waals surface area (Å²) in [5.74, 6) is 0.443. The summed E-state index contributed by atoms with van der Waals surface area (Å²) in [6.45, 7) is 0. The van der Waals surface area contributed by atoms with E-state index in [2.05, 4.69) is 24.9 Å². The van der Waals surface area contributed by atoms with Gasteiger partial charge in [0, 0.05) is 29.1 Å². The molecule has 0 spiro atoms. The van der Waals surface area contributed by atoms with E-state index in [0.717, 1.165) is 23.3 Å². The summed E-state index contributed by atoms with van der Waals surface area (Å²) in [4.78, 5) is 21.8. The van der Waals surface area contributed by atoms with Crippen molar-refractivity contribution < 1.29 is 13.2 Å². The van der Waals surface area contributed by atoms with Gasteiger partial charge in [-0.05, 0) is 24.3 Å². The molecular formula is C24H14F3N5. The number of rotatable bonds is 3. The minimum Gasteiger partial charge on any atom is -0.252 e. The van der Waals surface area contributed by atoms with Gasteiger partial charge in [0.05, 0.1) is 28.6 Å². The molecular weight excluding hydrogens is 415 g/mol. The number of benzene rings is 2. The third kappa shape index (κ3) is 3.78. The normalized spacial score (nSPS) is 11.6. The highest BCUT2D eigenvalue weighted by atomic mass is 19.4. The van der Waals surface area contributed by atoms with E-state index in [0.29, 0.717) is 33.9 Å². The van der Waals surface area contributed by atoms with Crippen LogP contribution in [0.1, 0.15) is 5.69 Å². The van der Waals surface area contributed by atoms with Gasteiger partial charge in [-0.3, -0.25) is 9.97 Å². The second-order valence-electron chi connectivity index (χ2n) is 7.00. The van der Waals surface area contributed by atoms with Crippen molar-refractivity contribution in [3.63, 3.8) is 0 Å². The Kier molecular flexibility index (Phi) is 4.82. The molecule has 0 amide bonds. The third-order valence-corrected chi connectivity index (χ3v) is 4.87. The summed E-state index contributed by atoms with van der Waals surface area (Å²) < 4.78 is 39.0. The number of para-hydroxylation sites is 2. The topological polar surface area (TPSA) is 64.5 Å². The van der Waals surface area contributed by atoms with Gasteiger partial charge in [0.15, 0.2) is 5.82 Å². The molecule has 0 aliphatic carbocycles. The Hall–Kier alpha value is -4.20. The average molecular weight is 429 g/mol. The molecule has 0 aliphatic rings. The van der Waals surface area contributed by atoms with E-state index in [1.54, 1.807) is 12.4 Å². The van der Waals surface area contributed by atoms with Crippen molar-refractivity contribution in [2.24, 2.45) is 0 Å². The zero-order chi connectivity index (χ0) is 22.1. The molecule has 32 heavy (non-hydrogen) atoms. The van der Waals surface area contributed by atoms with Crippen LogP contribution in [0.25, 0.3) is 44.9 Å². The Morgan fingerprint density at radius 3 is 2.06 bits per heavy atom. The van der Waals surface area contributed by atoms with Gasteiger partial charge in [-0.15, -0.1) is 0 Å². The van der Waals surface area contributed by atoms with E-state index in [1.165, 1.54) is 6.07 Å². The monoisotopic (exact) mass is 429 g/mol. The Labute approximate surface area is 180 Å². The standard InChI is InChI=1S/C24H14F3N5/c25-24(26,27)21-11-10-16(12-29-21)22-17(13-30-23(32-22)15-6-2-1-3-7-15)20-14-28-18-8-4-5-9-19(18)31-20/h1-14H. The second-order valence-corrected chi connectivity index (χ2v) is 7.00. The second kappa shape index (κ2) is 7.81. The number of aromatic nitrogens is 5. The fourth-order valence-corrected chi connectivity index (χ4v) is 3.30. The van der Waals surface area contributed by atoms with Crippen molar-refractivity contribution in [1.29, 1.82) is 0 Å². The number of halogens is 3. The van der Waals surface area contributed by atoms with Gasteiger partial charge in [0.2, 0.25) is 0 Å². The summed E-state index contributed by atoms with van der Waals surface area (Å²) in [7, 11) is 0. The zero-order valence-corrected chi connectivity index (χ0v) is 16.5. The molecule has 0 saturated heterocycles. The van der Waals surface area contributed by atoms with Gasteiger partial charge in [-0.25, -0.2) is 15.0 Å². The molecule has 0 saturated carbocycles. The van der Waals surface area contributed by atoms with Gasteiger partial charge in [-0.2, -0.15) is 13.2 Å². The van der Waals surface area contributed by atoms with Gasteiger partial charge < -0.3 is 0 Å². The summed E-state index contributed by atoms with van der Waals surface area (Å²) in [5, 5.41) is 0. The molecule has 0 N–H and O–H groups in total. The molecule has 156 valence electrons. The first-order valence-corrected chi connectivity index (χ1v) is 9.67. The van der Waals surface area contributed by atoms with Gasteiger partial charge in [0.25, 0.3) is 0 Å². The molecule has 8 heteroatoms. The number of hydrogen-bond acceptors (Lipinski definition) is 5. The molecule has 2 aromatic carbocycles. The fourth-order valence-electron chi connectivity index (χ4n) is 3.30. The van der Waals surface area contributed by atoms with Crippen LogP contribution in [0, 0.1) is 0 Å². The number of fused-ring (bicyclic) bond motifs is 1. The average Bonchev–Trinajstić information content (AvgIpc) is 2.83. The fraction of sp³-hybridized carbons (Fsp3) is 0.0417. The predicted octanol–water partition coefficient (Wildman–Crippen LogP) is 5.83. The maximum Gasteiger partial charge on any atom is 0.433 e. The summed E-state index contributed by atoms with van der Waals surface area (Å²) in [6, 6.07) is 19.0. The van der Waals surface area contributed by atoms with Crippen LogP contribution in [0.15, 0.2) is 85.3 Å². The molecule has 0 fully saturated rings. The first-order chi connectivity index (χ1) is 15.5. The van der Waals surface area contributed by atoms with Gasteiger partial charge in [0.1, 0.15) is 5.69 Å². The molecule has 0 radical (unpaired) electrons. The Morgan fingerprint density at radius 1 is 0.594 bits per heavy atom. The highest BCUT2D eigenvalue weighted by molar-refractivity contribution is 5.83. The molecule has 3 heterocycles. The Balaban J connectivity index is 1.69. The van der Waals surface area contributed by atoms with Gasteiger partial charge >= 0.3 is 6.18 Å². The number of pyridine rings is 1. The van der Waals surface area contributed by atoms with E-state index in [4.69, 9.17) is 0 Å². The molecule has 5 nitrogen and oxygen atoms in total. The van der Waals surface area contributed by atoms with Crippen molar-refractivity contribution >= 4 is 11.0 Å². The van der Waals surface area contributed by atoms with Crippen LogP contribution in [-0.4, -0.2) is 24.9 Å². The SMILES string of the molecule is FC(F)(F)c1ccc(-c2nc(-c3ccccc3)ncc2-c2cnc3ccccc3n2)cn1. The number of hydrogen-bond donors (Lipinski definition) is 0. The Bertz CT molecular complexity index is 1400. The van der Waals surface area contributed by atoms with Crippen molar-refractivity contribution in [3.05, 3.63) is 91.0 Å². The molecule has 0 bridgehead atoms. The van der Waals surface area contributed by atoms with Crippen molar-refractivity contribution in [2.75, 3.05) is 0 Å². The first kappa shape index (κ1) is 19.7. The first-order valence-electron chi connectivity index (χ1n) is 9.67. The van der Waals surface area contributed by atoms with Gasteiger partial charge in [-0.1, -0.05) is 42.5 Å². The maximum absolute atomic E-state index is 13.0. The molecule has 5 rings (SSSR count). The van der Waals surface area contributed by atoms with Crippen LogP contribution in [0.2, 0.25) is 0 Å². The molecule has 0 aliphatic heterocycles. The van der Waals surface area contributed by atoms with Crippen LogP contribution in [0.3, 0.4) is 0 Å². The summed E-state index contributed by atoms with van der Waals surface area (Å²) in [5.41, 5.74) is 3.13. The largest absolute Gasteiger partial charge is 0.433 e. The van der Waals surface area contributed by atoms with Crippen molar-refractivity contribution in [2.45, 2.75) is 6.18 Å². The van der Waals surface area contributed by atoms with Crippen LogP contribution in [-0.2, 0) is 6.18 Å². The number of alkyl halides is 3.